The molecule has 2 aromatic heterocycles. The number of rotatable bonds is 4. The van der Waals surface area contributed by atoms with Crippen molar-refractivity contribution in [1.82, 2.24) is 35.1 Å². The van der Waals surface area contributed by atoms with Crippen molar-refractivity contribution in [2.24, 2.45) is 0 Å². The molecule has 0 bridgehead atoms. The first-order chi connectivity index (χ1) is 10.7. The summed E-state index contributed by atoms with van der Waals surface area (Å²) < 4.78 is 1.35. The van der Waals surface area contributed by atoms with E-state index in [1.54, 1.807) is 6.07 Å². The van der Waals surface area contributed by atoms with E-state index in [0.717, 1.165) is 32.0 Å². The maximum absolute atomic E-state index is 11.9. The quantitative estimate of drug-likeness (QED) is 0.755. The van der Waals surface area contributed by atoms with Crippen LogP contribution in [-0.4, -0.2) is 74.2 Å². The van der Waals surface area contributed by atoms with Crippen LogP contribution in [0, 0.1) is 0 Å². The number of hydrogen-bond acceptors (Lipinski definition) is 8. The van der Waals surface area contributed by atoms with Gasteiger partial charge in [0.15, 0.2) is 0 Å². The van der Waals surface area contributed by atoms with Crippen LogP contribution >= 0.6 is 0 Å². The molecule has 0 unspecified atom stereocenters. The summed E-state index contributed by atoms with van der Waals surface area (Å²) in [6.45, 7) is 3.84. The van der Waals surface area contributed by atoms with E-state index in [1.165, 1.54) is 17.3 Å². The third-order valence-electron chi connectivity index (χ3n) is 3.44. The standard InChI is InChI=1S/C12H17N9O/c1-19-2-4-20(5-3-19)11-6-10(13-8-14-11)16-12(22)7-21-9-15-17-18-21/h6,8-9H,2-5,7H2,1H3,(H,13,14,16,22). The third-order valence-corrected chi connectivity index (χ3v) is 3.44. The Morgan fingerprint density at radius 3 is 2.82 bits per heavy atom. The smallest absolute Gasteiger partial charge is 0.247 e. The number of nitrogens with one attached hydrogen (secondary N) is 1. The zero-order valence-corrected chi connectivity index (χ0v) is 12.3. The van der Waals surface area contributed by atoms with Gasteiger partial charge in [0, 0.05) is 32.2 Å². The van der Waals surface area contributed by atoms with Crippen molar-refractivity contribution < 1.29 is 4.79 Å². The second kappa shape index (κ2) is 6.43. The van der Waals surface area contributed by atoms with Crippen LogP contribution in [0.1, 0.15) is 0 Å². The average Bonchev–Trinajstić information content (AvgIpc) is 3.01. The van der Waals surface area contributed by atoms with Crippen LogP contribution in [0.2, 0.25) is 0 Å². The van der Waals surface area contributed by atoms with Crippen LogP contribution in [-0.2, 0) is 11.3 Å². The molecule has 116 valence electrons. The fraction of sp³-hybridized carbons (Fsp3) is 0.500. The Bertz CT molecular complexity index is 621. The number of piperazine rings is 1. The highest BCUT2D eigenvalue weighted by molar-refractivity contribution is 5.89. The van der Waals surface area contributed by atoms with E-state index in [9.17, 15) is 4.79 Å². The van der Waals surface area contributed by atoms with Crippen molar-refractivity contribution >= 4 is 17.5 Å². The Morgan fingerprint density at radius 2 is 2.09 bits per heavy atom. The second-order valence-corrected chi connectivity index (χ2v) is 5.11. The molecule has 1 saturated heterocycles. The summed E-state index contributed by atoms with van der Waals surface area (Å²) in [6.07, 6.45) is 2.84. The molecule has 22 heavy (non-hydrogen) atoms. The lowest BCUT2D eigenvalue weighted by atomic mass is 10.3. The monoisotopic (exact) mass is 303 g/mol. The topological polar surface area (TPSA) is 105 Å². The van der Waals surface area contributed by atoms with Gasteiger partial charge in [0.1, 0.15) is 30.8 Å². The predicted molar refractivity (Wildman–Crippen MR) is 78.2 cm³/mol. The Kier molecular flexibility index (Phi) is 4.19. The fourth-order valence-corrected chi connectivity index (χ4v) is 2.21. The maximum atomic E-state index is 11.9. The Labute approximate surface area is 127 Å². The number of nitrogens with zero attached hydrogens (tertiary/aromatic N) is 8. The van der Waals surface area contributed by atoms with Gasteiger partial charge in [-0.2, -0.15) is 0 Å². The van der Waals surface area contributed by atoms with Crippen LogP contribution in [0.15, 0.2) is 18.7 Å². The molecule has 1 amide bonds. The van der Waals surface area contributed by atoms with Crippen molar-refractivity contribution in [3.8, 4) is 0 Å². The molecular formula is C12H17N9O. The van der Waals surface area contributed by atoms with Crippen LogP contribution in [0.5, 0.6) is 0 Å². The lowest BCUT2D eigenvalue weighted by Gasteiger charge is -2.33. The maximum Gasteiger partial charge on any atom is 0.247 e. The SMILES string of the molecule is CN1CCN(c2cc(NC(=O)Cn3cnnn3)ncn2)CC1. The molecule has 0 spiro atoms. The van der Waals surface area contributed by atoms with E-state index >= 15 is 0 Å². The molecular weight excluding hydrogens is 286 g/mol. The summed E-state index contributed by atoms with van der Waals surface area (Å²) in [4.78, 5) is 24.7. The number of hydrogen-bond donors (Lipinski definition) is 1. The minimum Gasteiger partial charge on any atom is -0.354 e. The normalized spacial score (nSPS) is 15.8. The highest BCUT2D eigenvalue weighted by Crippen LogP contribution is 2.15. The number of aromatic nitrogens is 6. The minimum absolute atomic E-state index is 0.0425. The van der Waals surface area contributed by atoms with Crippen LogP contribution in [0.3, 0.4) is 0 Å². The summed E-state index contributed by atoms with van der Waals surface area (Å²) in [7, 11) is 2.10. The van der Waals surface area contributed by atoms with Crippen molar-refractivity contribution in [3.05, 3.63) is 18.7 Å². The molecule has 1 fully saturated rings. The highest BCUT2D eigenvalue weighted by Gasteiger charge is 2.16. The van der Waals surface area contributed by atoms with Crippen molar-refractivity contribution in [1.29, 1.82) is 0 Å². The van der Waals surface area contributed by atoms with Gasteiger partial charge in [-0.3, -0.25) is 4.79 Å². The van der Waals surface area contributed by atoms with Gasteiger partial charge in [-0.15, -0.1) is 5.10 Å². The summed E-state index contributed by atoms with van der Waals surface area (Å²) in [5, 5.41) is 13.3. The summed E-state index contributed by atoms with van der Waals surface area (Å²) in [5.74, 6) is 1.05. The van der Waals surface area contributed by atoms with Crippen molar-refractivity contribution in [3.63, 3.8) is 0 Å². The predicted octanol–water partition coefficient (Wildman–Crippen LogP) is -1.15. The molecule has 0 atom stereocenters. The zero-order chi connectivity index (χ0) is 15.4. The Morgan fingerprint density at radius 1 is 1.27 bits per heavy atom. The second-order valence-electron chi connectivity index (χ2n) is 5.11. The molecule has 3 rings (SSSR count). The van der Waals surface area contributed by atoms with Gasteiger partial charge in [-0.25, -0.2) is 14.6 Å². The van der Waals surface area contributed by atoms with Crippen LogP contribution < -0.4 is 10.2 Å². The summed E-state index contributed by atoms with van der Waals surface area (Å²) in [5.41, 5.74) is 0. The largest absolute Gasteiger partial charge is 0.354 e. The van der Waals surface area contributed by atoms with E-state index in [1.807, 2.05) is 0 Å². The van der Waals surface area contributed by atoms with E-state index < -0.39 is 0 Å². The molecule has 1 N–H and O–H groups in total. The van der Waals surface area contributed by atoms with Crippen molar-refractivity contribution in [2.45, 2.75) is 6.54 Å². The van der Waals surface area contributed by atoms with E-state index in [-0.39, 0.29) is 12.5 Å². The van der Waals surface area contributed by atoms with Gasteiger partial charge in [-0.05, 0) is 17.5 Å². The van der Waals surface area contributed by atoms with Crippen LogP contribution in [0.4, 0.5) is 11.6 Å². The first kappa shape index (κ1) is 14.3. The van der Waals surface area contributed by atoms with Crippen LogP contribution in [0.25, 0.3) is 0 Å². The molecule has 2 aromatic rings. The van der Waals surface area contributed by atoms with Gasteiger partial charge in [0.2, 0.25) is 5.91 Å². The van der Waals surface area contributed by atoms with Gasteiger partial charge in [-0.1, -0.05) is 0 Å². The zero-order valence-electron chi connectivity index (χ0n) is 12.3. The first-order valence-electron chi connectivity index (χ1n) is 6.97. The molecule has 0 aromatic carbocycles. The average molecular weight is 303 g/mol. The fourth-order valence-electron chi connectivity index (χ4n) is 2.21. The molecule has 1 aliphatic rings. The first-order valence-corrected chi connectivity index (χ1v) is 6.97. The Balaban J connectivity index is 1.62. The number of anilines is 2. The van der Waals surface area contributed by atoms with Gasteiger partial charge < -0.3 is 15.1 Å². The number of amides is 1. The third kappa shape index (κ3) is 3.52. The molecule has 10 heteroatoms. The lowest BCUT2D eigenvalue weighted by Crippen LogP contribution is -2.44. The molecule has 1 aliphatic heterocycles. The molecule has 0 saturated carbocycles. The number of tetrazole rings is 1. The van der Waals surface area contributed by atoms with Crippen molar-refractivity contribution in [2.75, 3.05) is 43.4 Å². The molecule has 3 heterocycles. The van der Waals surface area contributed by atoms with E-state index in [4.69, 9.17) is 0 Å². The lowest BCUT2D eigenvalue weighted by molar-refractivity contribution is -0.116. The summed E-state index contributed by atoms with van der Waals surface area (Å²) in [6, 6.07) is 1.78. The van der Waals surface area contributed by atoms with Gasteiger partial charge >= 0.3 is 0 Å². The molecule has 10 nitrogen and oxygen atoms in total. The van der Waals surface area contributed by atoms with E-state index in [2.05, 4.69) is 47.7 Å². The highest BCUT2D eigenvalue weighted by atomic mass is 16.2. The number of likely N-dealkylation sites (N-methyl/N-ethyl adjacent to an activating group) is 1. The summed E-state index contributed by atoms with van der Waals surface area (Å²) >= 11 is 0. The van der Waals surface area contributed by atoms with Gasteiger partial charge in [0.05, 0.1) is 0 Å². The van der Waals surface area contributed by atoms with Gasteiger partial charge in [0.25, 0.3) is 0 Å². The Hall–Kier alpha value is -2.62. The molecule has 0 aliphatic carbocycles. The number of carbonyl (C=O) groups is 1. The number of carbonyl (C=O) groups excluding carboxylic acids is 1. The van der Waals surface area contributed by atoms with E-state index in [0.29, 0.717) is 5.82 Å². The minimum atomic E-state index is -0.240. The molecule has 0 radical (unpaired) electrons.